The van der Waals surface area contributed by atoms with Crippen LogP contribution in [0.3, 0.4) is 0 Å². The second-order valence-electron chi connectivity index (χ2n) is 18.4. The van der Waals surface area contributed by atoms with Crippen LogP contribution in [-0.2, 0) is 40.0 Å². The van der Waals surface area contributed by atoms with Crippen LogP contribution in [0.5, 0.6) is 57.5 Å². The topological polar surface area (TPSA) is 136 Å². The SMILES string of the molecule is COc1cc2c(cc1OC)C(Cc1cc(OC)c(OC)c(OC)c1)[N+](C)(CCCOC(=O)CCC(=O)CCC[N+]1(C)CCc3cc(OC)c(OC)cc3C1Cc1cc(OC)c(OC)c(OC)c1)CC2.[Cl-].[Cl-]. The molecule has 2 heterocycles. The van der Waals surface area contributed by atoms with E-state index in [9.17, 15) is 9.59 Å². The van der Waals surface area contributed by atoms with Crippen molar-refractivity contribution in [3.63, 3.8) is 0 Å². The number of methoxy groups -OCH3 is 10. The van der Waals surface area contributed by atoms with Crippen LogP contribution in [-0.4, -0.2) is 139 Å². The largest absolute Gasteiger partial charge is 1.00 e. The monoisotopic (exact) mass is 1030 g/mol. The molecule has 392 valence electrons. The van der Waals surface area contributed by atoms with Crippen molar-refractivity contribution >= 4 is 11.8 Å². The molecule has 6 rings (SSSR count). The summed E-state index contributed by atoms with van der Waals surface area (Å²) < 4.78 is 64.2. The Balaban J connectivity index is 0.00000548. The first-order valence-electron chi connectivity index (χ1n) is 23.7. The van der Waals surface area contributed by atoms with Crippen LogP contribution in [0.1, 0.15) is 77.6 Å². The molecule has 71 heavy (non-hydrogen) atoms. The molecule has 4 aromatic rings. The first kappa shape index (κ1) is 58.1. The lowest BCUT2D eigenvalue weighted by Gasteiger charge is -2.46. The number of halogens is 2. The fraction of sp³-hybridized carbons (Fsp3) is 0.519. The molecule has 2 aliphatic rings. The van der Waals surface area contributed by atoms with E-state index < -0.39 is 0 Å². The molecule has 2 aliphatic heterocycles. The van der Waals surface area contributed by atoms with E-state index in [1.807, 2.05) is 24.3 Å². The number of benzene rings is 4. The minimum Gasteiger partial charge on any atom is -1.00 e. The third kappa shape index (κ3) is 13.1. The number of ether oxygens (including phenoxy) is 11. The molecule has 4 aromatic carbocycles. The number of fused-ring (bicyclic) bond motifs is 2. The van der Waals surface area contributed by atoms with Gasteiger partial charge in [0, 0.05) is 62.5 Å². The number of ketones is 1. The molecule has 0 amide bonds. The summed E-state index contributed by atoms with van der Waals surface area (Å²) in [5.74, 6) is 5.92. The van der Waals surface area contributed by atoms with Gasteiger partial charge in [0.1, 0.15) is 17.9 Å². The average molecular weight is 1030 g/mol. The van der Waals surface area contributed by atoms with Crippen molar-refractivity contribution in [1.82, 2.24) is 0 Å². The summed E-state index contributed by atoms with van der Waals surface area (Å²) in [6.07, 6.45) is 4.95. The number of carbonyl (C=O) groups is 2. The summed E-state index contributed by atoms with van der Waals surface area (Å²) >= 11 is 0. The summed E-state index contributed by atoms with van der Waals surface area (Å²) in [7, 11) is 20.8. The minimum atomic E-state index is -0.359. The van der Waals surface area contributed by atoms with Gasteiger partial charge in [0.05, 0.1) is 124 Å². The molecule has 0 saturated carbocycles. The summed E-state index contributed by atoms with van der Waals surface area (Å²) in [5.41, 5.74) is 6.86. The number of esters is 1. The molecule has 0 bridgehead atoms. The van der Waals surface area contributed by atoms with Crippen LogP contribution >= 0.6 is 0 Å². The number of hydrogen-bond acceptors (Lipinski definition) is 13. The Bertz CT molecular complexity index is 2390. The molecule has 0 aliphatic carbocycles. The van der Waals surface area contributed by atoms with E-state index in [0.717, 1.165) is 50.1 Å². The van der Waals surface area contributed by atoms with Crippen molar-refractivity contribution in [3.05, 3.63) is 81.9 Å². The van der Waals surface area contributed by atoms with E-state index in [2.05, 4.69) is 38.4 Å². The van der Waals surface area contributed by atoms with E-state index in [1.165, 1.54) is 22.3 Å². The maximum atomic E-state index is 13.4. The molecule has 0 aromatic heterocycles. The zero-order chi connectivity index (χ0) is 49.9. The normalized spacial score (nSPS) is 18.8. The number of Topliss-reactive ketones (excluding diaryl/α,β-unsaturated/α-hetero) is 1. The lowest BCUT2D eigenvalue weighted by Crippen LogP contribution is -3.00. The molecular weight excluding hydrogens is 956 g/mol. The van der Waals surface area contributed by atoms with Gasteiger partial charge in [-0.05, 0) is 70.8 Å². The molecule has 0 spiro atoms. The molecule has 4 atom stereocenters. The summed E-state index contributed by atoms with van der Waals surface area (Å²) in [5, 5.41) is 0. The number of rotatable bonds is 25. The zero-order valence-corrected chi connectivity index (χ0v) is 45.1. The van der Waals surface area contributed by atoms with Crippen molar-refractivity contribution in [2.75, 3.05) is 118 Å². The van der Waals surface area contributed by atoms with Gasteiger partial charge in [0.15, 0.2) is 46.0 Å². The van der Waals surface area contributed by atoms with Crippen LogP contribution in [0.25, 0.3) is 0 Å². The van der Waals surface area contributed by atoms with Gasteiger partial charge in [-0.25, -0.2) is 0 Å². The zero-order valence-electron chi connectivity index (χ0n) is 43.6. The highest BCUT2D eigenvalue weighted by Gasteiger charge is 2.42. The highest BCUT2D eigenvalue weighted by Crippen LogP contribution is 2.47. The molecule has 0 fully saturated rings. The number of carbonyl (C=O) groups excluding carboxylic acids is 2. The van der Waals surface area contributed by atoms with Gasteiger partial charge in [-0.3, -0.25) is 9.59 Å². The Morgan fingerprint density at radius 3 is 1.20 bits per heavy atom. The summed E-state index contributed by atoms with van der Waals surface area (Å²) in [6.45, 7) is 3.53. The van der Waals surface area contributed by atoms with E-state index in [1.54, 1.807) is 71.1 Å². The van der Waals surface area contributed by atoms with E-state index in [0.29, 0.717) is 98.6 Å². The van der Waals surface area contributed by atoms with Gasteiger partial charge < -0.3 is 85.9 Å². The Morgan fingerprint density at radius 2 is 0.831 bits per heavy atom. The second kappa shape index (κ2) is 26.3. The van der Waals surface area contributed by atoms with Crippen LogP contribution in [0, 0.1) is 0 Å². The van der Waals surface area contributed by atoms with E-state index in [4.69, 9.17) is 52.1 Å². The lowest BCUT2D eigenvalue weighted by atomic mass is 9.85. The fourth-order valence-electron chi connectivity index (χ4n) is 10.5. The lowest BCUT2D eigenvalue weighted by molar-refractivity contribution is -0.941. The second-order valence-corrected chi connectivity index (χ2v) is 18.4. The Morgan fingerprint density at radius 1 is 0.465 bits per heavy atom. The Kier molecular flexibility index (Phi) is 21.5. The third-order valence-corrected chi connectivity index (χ3v) is 14.4. The smallest absolute Gasteiger partial charge is 0.306 e. The standard InChI is InChI=1S/C54H74N2O13.2ClH/c1-55(22-18-37-31-44(59-3)46(61-5)33-40(37)42(55)25-35-27-48(63-7)53(67-11)49(28-35)64-8)20-13-15-39(57)16-17-52(58)69-24-14-21-56(2)23-19-38-32-45(60-4)47(62-6)34-41(38)43(56)26-36-29-50(65-9)54(68-12)51(30-36)66-10;;/h27-34,42-43H,13-26H2,1-12H3;2*1H/q+2;;/p-2. The van der Waals surface area contributed by atoms with Gasteiger partial charge in [0.25, 0.3) is 0 Å². The first-order valence-corrected chi connectivity index (χ1v) is 23.7. The van der Waals surface area contributed by atoms with Crippen molar-refractivity contribution in [2.45, 2.75) is 69.9 Å². The van der Waals surface area contributed by atoms with Gasteiger partial charge >= 0.3 is 5.97 Å². The Labute approximate surface area is 432 Å². The number of hydrogen-bond donors (Lipinski definition) is 0. The van der Waals surface area contributed by atoms with Crippen molar-refractivity contribution in [2.24, 2.45) is 0 Å². The molecule has 0 N–H and O–H groups in total. The minimum absolute atomic E-state index is 0. The molecule has 4 unspecified atom stereocenters. The third-order valence-electron chi connectivity index (χ3n) is 14.4. The average Bonchev–Trinajstić information content (AvgIpc) is 3.37. The van der Waals surface area contributed by atoms with Crippen LogP contribution in [0.15, 0.2) is 48.5 Å². The maximum absolute atomic E-state index is 13.4. The fourth-order valence-corrected chi connectivity index (χ4v) is 10.5. The predicted octanol–water partition coefficient (Wildman–Crippen LogP) is 2.12. The quantitative estimate of drug-likeness (QED) is 0.0546. The highest BCUT2D eigenvalue weighted by molar-refractivity contribution is 5.82. The van der Waals surface area contributed by atoms with Gasteiger partial charge in [0.2, 0.25) is 11.5 Å². The summed E-state index contributed by atoms with van der Waals surface area (Å²) in [4.78, 5) is 26.5. The molecule has 17 heteroatoms. The molecule has 0 radical (unpaired) electrons. The highest BCUT2D eigenvalue weighted by atomic mass is 35.5. The Hall–Kier alpha value is -5.48. The van der Waals surface area contributed by atoms with E-state index in [-0.39, 0.29) is 68.1 Å². The van der Waals surface area contributed by atoms with Crippen molar-refractivity contribution in [3.8, 4) is 57.5 Å². The van der Waals surface area contributed by atoms with Crippen LogP contribution < -0.4 is 72.2 Å². The molecule has 0 saturated heterocycles. The predicted molar refractivity (Wildman–Crippen MR) is 262 cm³/mol. The first-order chi connectivity index (χ1) is 33.2. The number of quaternary nitrogens is 2. The maximum Gasteiger partial charge on any atom is 0.306 e. The summed E-state index contributed by atoms with van der Waals surface area (Å²) in [6, 6.07) is 16.4. The van der Waals surface area contributed by atoms with E-state index >= 15 is 0 Å². The van der Waals surface area contributed by atoms with Crippen LogP contribution in [0.4, 0.5) is 0 Å². The van der Waals surface area contributed by atoms with Crippen molar-refractivity contribution < 1.29 is 95.5 Å². The number of likely N-dealkylation sites (N-methyl/N-ethyl adjacent to an activating group) is 2. The van der Waals surface area contributed by atoms with Gasteiger partial charge in [-0.2, -0.15) is 0 Å². The number of nitrogens with zero attached hydrogens (tertiary/aromatic N) is 2. The van der Waals surface area contributed by atoms with Crippen LogP contribution in [0.2, 0.25) is 0 Å². The van der Waals surface area contributed by atoms with Gasteiger partial charge in [-0.15, -0.1) is 0 Å². The van der Waals surface area contributed by atoms with Gasteiger partial charge in [-0.1, -0.05) is 0 Å². The molecular formula is C54H74Cl2N2O13. The van der Waals surface area contributed by atoms with Crippen molar-refractivity contribution in [1.29, 1.82) is 0 Å². The molecule has 15 nitrogen and oxygen atoms in total.